The molecule has 0 saturated carbocycles. The molecule has 146 valence electrons. The van der Waals surface area contributed by atoms with Crippen molar-refractivity contribution >= 4 is 16.6 Å². The minimum absolute atomic E-state index is 0.752. The van der Waals surface area contributed by atoms with Gasteiger partial charge in [0, 0.05) is 23.8 Å². The van der Waals surface area contributed by atoms with Crippen molar-refractivity contribution in [3.05, 3.63) is 66.4 Å². The second-order valence-electron chi connectivity index (χ2n) is 6.22. The number of rotatable bonds is 5. The summed E-state index contributed by atoms with van der Waals surface area (Å²) in [4.78, 5) is 6.43. The molecule has 0 fully saturated rings. The molecular weight excluding hydrogens is 334 g/mol. The van der Waals surface area contributed by atoms with E-state index in [2.05, 4.69) is 55.2 Å². The molecule has 2 N–H and O–H groups in total. The van der Waals surface area contributed by atoms with Crippen molar-refractivity contribution in [1.82, 2.24) is 9.88 Å². The maximum absolute atomic E-state index is 5.56. The minimum Gasteiger partial charge on any atom is -0.494 e. The molecule has 0 amide bonds. The Morgan fingerprint density at radius 2 is 1.63 bits per heavy atom. The van der Waals surface area contributed by atoms with Crippen LogP contribution in [0.25, 0.3) is 10.9 Å². The van der Waals surface area contributed by atoms with E-state index in [1.54, 1.807) is 0 Å². The summed E-state index contributed by atoms with van der Waals surface area (Å²) in [5, 5.41) is 1.22. The quantitative estimate of drug-likeness (QED) is 0.499. The van der Waals surface area contributed by atoms with Gasteiger partial charge in [-0.1, -0.05) is 38.1 Å². The van der Waals surface area contributed by atoms with E-state index in [9.17, 15) is 0 Å². The van der Waals surface area contributed by atoms with Crippen LogP contribution in [0.15, 0.2) is 60.8 Å². The predicted octanol–water partition coefficient (Wildman–Crippen LogP) is 5.17. The van der Waals surface area contributed by atoms with E-state index in [4.69, 9.17) is 10.5 Å². The fraction of sp³-hybridized carbons (Fsp3) is 0.348. The SMILES string of the molecule is CC.CN(C)CCCOc1ccc(N)cc1.Cc1cccc2cccnc12. The van der Waals surface area contributed by atoms with E-state index in [-0.39, 0.29) is 0 Å². The third-order valence-electron chi connectivity index (χ3n) is 3.73. The Hall–Kier alpha value is -2.59. The molecule has 3 aromatic rings. The van der Waals surface area contributed by atoms with Crippen LogP contribution >= 0.6 is 0 Å². The number of nitrogens with zero attached hydrogens (tertiary/aromatic N) is 2. The zero-order valence-corrected chi connectivity index (χ0v) is 17.3. The van der Waals surface area contributed by atoms with Gasteiger partial charge < -0.3 is 15.4 Å². The van der Waals surface area contributed by atoms with Crippen LogP contribution in [0, 0.1) is 6.92 Å². The third-order valence-corrected chi connectivity index (χ3v) is 3.73. The van der Waals surface area contributed by atoms with Crippen LogP contribution in [0.2, 0.25) is 0 Å². The van der Waals surface area contributed by atoms with Crippen LogP contribution in [0.4, 0.5) is 5.69 Å². The standard InChI is InChI=1S/C11H18N2O.C10H9N.C2H6/c1-13(2)8-3-9-14-11-6-4-10(12)5-7-11;1-8-4-2-5-9-6-3-7-11-10(8)9;1-2/h4-7H,3,8-9,12H2,1-2H3;2-7H,1H3;1-2H3. The average molecular weight is 368 g/mol. The van der Waals surface area contributed by atoms with Crippen LogP contribution in [0.3, 0.4) is 0 Å². The summed E-state index contributed by atoms with van der Waals surface area (Å²) in [6.07, 6.45) is 2.87. The Balaban J connectivity index is 0.000000252. The molecule has 0 saturated heterocycles. The maximum Gasteiger partial charge on any atom is 0.119 e. The molecule has 3 rings (SSSR count). The molecule has 2 aromatic carbocycles. The monoisotopic (exact) mass is 367 g/mol. The number of nitrogens with two attached hydrogens (primary N) is 1. The summed E-state index contributed by atoms with van der Waals surface area (Å²) in [5.41, 5.74) is 8.67. The van der Waals surface area contributed by atoms with Crippen molar-refractivity contribution in [2.75, 3.05) is 33.0 Å². The fourth-order valence-corrected chi connectivity index (χ4v) is 2.39. The first-order valence-corrected chi connectivity index (χ1v) is 9.49. The number of ether oxygens (including phenoxy) is 1. The summed E-state index contributed by atoms with van der Waals surface area (Å²) in [5.74, 6) is 0.887. The lowest BCUT2D eigenvalue weighted by Gasteiger charge is -2.10. The van der Waals surface area contributed by atoms with Crippen molar-refractivity contribution in [2.24, 2.45) is 0 Å². The van der Waals surface area contributed by atoms with Gasteiger partial charge in [0.2, 0.25) is 0 Å². The van der Waals surface area contributed by atoms with Gasteiger partial charge >= 0.3 is 0 Å². The van der Waals surface area contributed by atoms with Gasteiger partial charge in [0.25, 0.3) is 0 Å². The first kappa shape index (κ1) is 22.5. The van der Waals surface area contributed by atoms with Crippen molar-refractivity contribution in [3.63, 3.8) is 0 Å². The number of hydrogen-bond donors (Lipinski definition) is 1. The molecule has 4 heteroatoms. The van der Waals surface area contributed by atoms with Gasteiger partial charge in [-0.15, -0.1) is 0 Å². The number of para-hydroxylation sites is 1. The van der Waals surface area contributed by atoms with Gasteiger partial charge in [-0.3, -0.25) is 4.98 Å². The van der Waals surface area contributed by atoms with E-state index in [1.165, 1.54) is 10.9 Å². The van der Waals surface area contributed by atoms with Gasteiger partial charge in [-0.25, -0.2) is 0 Å². The maximum atomic E-state index is 5.56. The highest BCUT2D eigenvalue weighted by atomic mass is 16.5. The minimum atomic E-state index is 0.752. The van der Waals surface area contributed by atoms with E-state index in [0.29, 0.717) is 0 Å². The Bertz CT molecular complexity index is 765. The molecule has 0 spiro atoms. The molecule has 0 aliphatic carbocycles. The van der Waals surface area contributed by atoms with Gasteiger partial charge in [0.15, 0.2) is 0 Å². The smallest absolute Gasteiger partial charge is 0.119 e. The number of fused-ring (bicyclic) bond motifs is 1. The summed E-state index contributed by atoms with van der Waals surface area (Å²) in [7, 11) is 4.12. The van der Waals surface area contributed by atoms with E-state index in [0.717, 1.165) is 36.5 Å². The van der Waals surface area contributed by atoms with E-state index in [1.807, 2.05) is 50.4 Å². The number of anilines is 1. The second kappa shape index (κ2) is 12.7. The van der Waals surface area contributed by atoms with Crippen LogP contribution in [0.1, 0.15) is 25.8 Å². The zero-order valence-electron chi connectivity index (χ0n) is 17.3. The van der Waals surface area contributed by atoms with Crippen molar-refractivity contribution in [1.29, 1.82) is 0 Å². The van der Waals surface area contributed by atoms with E-state index >= 15 is 0 Å². The second-order valence-corrected chi connectivity index (χ2v) is 6.22. The molecule has 0 unspecified atom stereocenters. The van der Waals surface area contributed by atoms with Gasteiger partial charge in [-0.2, -0.15) is 0 Å². The molecule has 0 radical (unpaired) electrons. The van der Waals surface area contributed by atoms with Gasteiger partial charge in [0.1, 0.15) is 5.75 Å². The third kappa shape index (κ3) is 8.56. The van der Waals surface area contributed by atoms with Crippen molar-refractivity contribution < 1.29 is 4.74 Å². The lowest BCUT2D eigenvalue weighted by molar-refractivity contribution is 0.281. The molecule has 4 nitrogen and oxygen atoms in total. The number of nitrogen functional groups attached to an aromatic ring is 1. The number of pyridine rings is 1. The van der Waals surface area contributed by atoms with E-state index < -0.39 is 0 Å². The molecule has 0 aliphatic rings. The van der Waals surface area contributed by atoms with Crippen LogP contribution in [-0.4, -0.2) is 37.1 Å². The Kier molecular flexibility index (Phi) is 10.6. The summed E-state index contributed by atoms with van der Waals surface area (Å²) in [6.45, 7) is 7.88. The summed E-state index contributed by atoms with van der Waals surface area (Å²) < 4.78 is 5.53. The number of hydrogen-bond acceptors (Lipinski definition) is 4. The number of aryl methyl sites for hydroxylation is 1. The molecule has 0 bridgehead atoms. The van der Waals surface area contributed by atoms with Gasteiger partial charge in [-0.05, 0) is 63.3 Å². The van der Waals surface area contributed by atoms with Crippen molar-refractivity contribution in [2.45, 2.75) is 27.2 Å². The summed E-state index contributed by atoms with van der Waals surface area (Å²) >= 11 is 0. The predicted molar refractivity (Wildman–Crippen MR) is 117 cm³/mol. The molecular formula is C23H33N3O. The molecule has 27 heavy (non-hydrogen) atoms. The Labute approximate surface area is 164 Å². The zero-order chi connectivity index (χ0) is 20.1. The lowest BCUT2D eigenvalue weighted by atomic mass is 10.1. The van der Waals surface area contributed by atoms with Crippen LogP contribution in [0.5, 0.6) is 5.75 Å². The first-order chi connectivity index (χ1) is 13.1. The van der Waals surface area contributed by atoms with Crippen LogP contribution in [-0.2, 0) is 0 Å². The highest BCUT2D eigenvalue weighted by Crippen LogP contribution is 2.14. The Morgan fingerprint density at radius 1 is 0.963 bits per heavy atom. The summed E-state index contributed by atoms with van der Waals surface area (Å²) in [6, 6.07) is 17.7. The average Bonchev–Trinajstić information content (AvgIpc) is 2.69. The van der Waals surface area contributed by atoms with Gasteiger partial charge in [0.05, 0.1) is 12.1 Å². The first-order valence-electron chi connectivity index (χ1n) is 9.49. The Morgan fingerprint density at radius 3 is 2.26 bits per heavy atom. The molecule has 0 aliphatic heterocycles. The van der Waals surface area contributed by atoms with Crippen LogP contribution < -0.4 is 10.5 Å². The number of aromatic nitrogens is 1. The largest absolute Gasteiger partial charge is 0.494 e. The highest BCUT2D eigenvalue weighted by molar-refractivity contribution is 5.81. The fourth-order valence-electron chi connectivity index (χ4n) is 2.39. The highest BCUT2D eigenvalue weighted by Gasteiger charge is 1.95. The topological polar surface area (TPSA) is 51.4 Å². The van der Waals surface area contributed by atoms with Crippen molar-refractivity contribution in [3.8, 4) is 5.75 Å². The number of benzene rings is 2. The lowest BCUT2D eigenvalue weighted by Crippen LogP contribution is -2.15. The molecule has 1 aromatic heterocycles. The normalized spacial score (nSPS) is 9.85. The molecule has 0 atom stereocenters. The molecule has 1 heterocycles.